The van der Waals surface area contributed by atoms with E-state index < -0.39 is 5.41 Å². The Kier molecular flexibility index (Phi) is 8.35. The summed E-state index contributed by atoms with van der Waals surface area (Å²) in [5.74, 6) is 1.65. The number of fused-ring (bicyclic) bond motifs is 17. The lowest BCUT2D eigenvalue weighted by atomic mass is 9.61. The van der Waals surface area contributed by atoms with Gasteiger partial charge in [-0.25, -0.2) is 0 Å². The first kappa shape index (κ1) is 40.6. The number of nitriles is 1. The number of ether oxygens (including phenoxy) is 1. The third-order valence-corrected chi connectivity index (χ3v) is 15.9. The van der Waals surface area contributed by atoms with Crippen LogP contribution in [0.4, 0.5) is 17.1 Å². The average molecular weight is 944 g/mol. The Hall–Kier alpha value is -10.1. The predicted molar refractivity (Wildman–Crippen MR) is 301 cm³/mol. The van der Waals surface area contributed by atoms with Crippen molar-refractivity contribution in [3.63, 3.8) is 0 Å². The zero-order valence-electron chi connectivity index (χ0n) is 39.8. The zero-order valence-corrected chi connectivity index (χ0v) is 39.8. The number of aromatic nitrogens is 3. The largest absolute Gasteiger partial charge is 0.457 e. The Balaban J connectivity index is 1.15. The van der Waals surface area contributed by atoms with Gasteiger partial charge in [0.1, 0.15) is 23.1 Å². The maximum atomic E-state index is 12.6. The molecule has 2 aliphatic heterocycles. The standard InChI is InChI=1S/C68H41N5O/c69-42-49-66(72-56-33-13-3-23-45(56)46-24-4-14-34-57(46)72)62(70-54-31-11-1-21-43(54)44-22-2-12-32-55(44)70)41-63(67(49)73-58-35-15-5-25-47(58)48-26-6-16-36-59(48)73)71-60-37-17-7-27-50(60)68(51-28-8-18-38-61(51)71)52-29-9-19-39-64(52)74-65-40-20-10-30-53(65)68/h1-41H. The van der Waals surface area contributed by atoms with Crippen LogP contribution in [0.2, 0.25) is 0 Å². The van der Waals surface area contributed by atoms with E-state index in [1.807, 2.05) is 0 Å². The number of rotatable bonds is 4. The number of benzene rings is 11. The molecule has 0 saturated heterocycles. The molecule has 16 rings (SSSR count). The second kappa shape index (κ2) is 15.2. The third-order valence-electron chi connectivity index (χ3n) is 15.9. The van der Waals surface area contributed by atoms with Crippen molar-refractivity contribution < 1.29 is 4.74 Å². The molecule has 0 saturated carbocycles. The summed E-state index contributed by atoms with van der Waals surface area (Å²) in [6, 6.07) is 92.0. The van der Waals surface area contributed by atoms with Gasteiger partial charge < -0.3 is 23.3 Å². The maximum absolute atomic E-state index is 12.6. The highest BCUT2D eigenvalue weighted by molar-refractivity contribution is 6.14. The van der Waals surface area contributed by atoms with E-state index in [0.717, 1.165) is 133 Å². The second-order valence-corrected chi connectivity index (χ2v) is 19.4. The molecule has 11 aromatic carbocycles. The van der Waals surface area contributed by atoms with Gasteiger partial charge in [-0.2, -0.15) is 5.26 Å². The average Bonchev–Trinajstić information content (AvgIpc) is 4.15. The maximum Gasteiger partial charge on any atom is 0.132 e. The molecule has 0 unspecified atom stereocenters. The highest BCUT2D eigenvalue weighted by Crippen LogP contribution is 2.63. The summed E-state index contributed by atoms with van der Waals surface area (Å²) in [5.41, 5.74) is 15.6. The van der Waals surface area contributed by atoms with E-state index in [4.69, 9.17) is 4.74 Å². The van der Waals surface area contributed by atoms with Crippen LogP contribution in [0.1, 0.15) is 27.8 Å². The van der Waals surface area contributed by atoms with Crippen LogP contribution in [0.25, 0.3) is 82.5 Å². The normalized spacial score (nSPS) is 13.3. The fourth-order valence-corrected chi connectivity index (χ4v) is 13.1. The van der Waals surface area contributed by atoms with Crippen LogP contribution in [0.15, 0.2) is 249 Å². The molecule has 5 heterocycles. The van der Waals surface area contributed by atoms with Gasteiger partial charge in [-0.1, -0.05) is 182 Å². The Morgan fingerprint density at radius 2 is 0.622 bits per heavy atom. The summed E-state index contributed by atoms with van der Waals surface area (Å²) in [5, 5.41) is 19.4. The first-order valence-corrected chi connectivity index (χ1v) is 25.2. The number of para-hydroxylation sites is 10. The molecule has 0 aliphatic carbocycles. The molecular formula is C68H41N5O. The van der Waals surface area contributed by atoms with Gasteiger partial charge in [-0.3, -0.25) is 0 Å². The summed E-state index contributed by atoms with van der Waals surface area (Å²) >= 11 is 0. The lowest BCUT2D eigenvalue weighted by Gasteiger charge is -2.48. The molecule has 1 spiro atoms. The number of hydrogen-bond donors (Lipinski definition) is 0. The zero-order chi connectivity index (χ0) is 48.6. The van der Waals surface area contributed by atoms with E-state index in [2.05, 4.69) is 273 Å². The molecular weight excluding hydrogens is 903 g/mol. The Bertz CT molecular complexity index is 4500. The van der Waals surface area contributed by atoms with Crippen molar-refractivity contribution in [3.8, 4) is 34.6 Å². The van der Waals surface area contributed by atoms with Crippen molar-refractivity contribution >= 4 is 82.5 Å². The number of nitrogens with zero attached hydrogens (tertiary/aromatic N) is 5. The van der Waals surface area contributed by atoms with Crippen LogP contribution in [-0.2, 0) is 5.41 Å². The van der Waals surface area contributed by atoms with Crippen molar-refractivity contribution in [2.24, 2.45) is 0 Å². The quantitative estimate of drug-likeness (QED) is 0.177. The van der Waals surface area contributed by atoms with Crippen molar-refractivity contribution in [2.45, 2.75) is 5.41 Å². The molecule has 2 aliphatic rings. The van der Waals surface area contributed by atoms with E-state index >= 15 is 0 Å². The van der Waals surface area contributed by atoms with Gasteiger partial charge >= 0.3 is 0 Å². The number of anilines is 3. The van der Waals surface area contributed by atoms with Crippen LogP contribution >= 0.6 is 0 Å². The molecule has 0 N–H and O–H groups in total. The number of hydrogen-bond acceptors (Lipinski definition) is 3. The van der Waals surface area contributed by atoms with Gasteiger partial charge in [0.05, 0.1) is 72.6 Å². The molecule has 0 radical (unpaired) electrons. The summed E-state index contributed by atoms with van der Waals surface area (Å²) in [7, 11) is 0. The van der Waals surface area contributed by atoms with Crippen molar-refractivity contribution in [2.75, 3.05) is 4.90 Å². The summed E-state index contributed by atoms with van der Waals surface area (Å²) < 4.78 is 13.9. The SMILES string of the molecule is N#Cc1c(-n2c3ccccc3c3ccccc32)c(N2c3ccccc3C3(c4ccccc4Oc4ccccc43)c3ccccc32)cc(-n2c3ccccc3c3ccccc32)c1-n1c2ccccc2c2ccccc21. The monoisotopic (exact) mass is 943 g/mol. The molecule has 3 aromatic heterocycles. The van der Waals surface area contributed by atoms with Gasteiger partial charge in [-0.15, -0.1) is 0 Å². The Morgan fingerprint density at radius 1 is 0.311 bits per heavy atom. The third kappa shape index (κ3) is 5.21. The van der Waals surface area contributed by atoms with E-state index in [-0.39, 0.29) is 0 Å². The van der Waals surface area contributed by atoms with Gasteiger partial charge in [0.25, 0.3) is 0 Å². The lowest BCUT2D eigenvalue weighted by molar-refractivity contribution is 0.434. The first-order valence-electron chi connectivity index (χ1n) is 25.2. The Labute approximate surface area is 425 Å². The minimum absolute atomic E-state index is 0.536. The van der Waals surface area contributed by atoms with Crippen LogP contribution in [0.5, 0.6) is 11.5 Å². The summed E-state index contributed by atoms with van der Waals surface area (Å²) in [4.78, 5) is 2.45. The smallest absolute Gasteiger partial charge is 0.132 e. The molecule has 0 atom stereocenters. The second-order valence-electron chi connectivity index (χ2n) is 19.4. The van der Waals surface area contributed by atoms with E-state index in [9.17, 15) is 5.26 Å². The van der Waals surface area contributed by atoms with Crippen LogP contribution in [0, 0.1) is 11.3 Å². The highest BCUT2D eigenvalue weighted by Gasteiger charge is 2.51. The van der Waals surface area contributed by atoms with Crippen LogP contribution in [0.3, 0.4) is 0 Å². The van der Waals surface area contributed by atoms with Crippen molar-refractivity contribution in [1.82, 2.24) is 13.7 Å². The molecule has 14 aromatic rings. The van der Waals surface area contributed by atoms with Gasteiger partial charge in [0.15, 0.2) is 0 Å². The lowest BCUT2D eigenvalue weighted by Crippen LogP contribution is -2.39. The van der Waals surface area contributed by atoms with Gasteiger partial charge in [0, 0.05) is 43.4 Å². The molecule has 0 bridgehead atoms. The molecule has 0 amide bonds. The van der Waals surface area contributed by atoms with Gasteiger partial charge in [-0.05, 0) is 77.9 Å². The van der Waals surface area contributed by atoms with E-state index in [0.29, 0.717) is 5.56 Å². The molecule has 74 heavy (non-hydrogen) atoms. The van der Waals surface area contributed by atoms with Crippen LogP contribution in [-0.4, -0.2) is 13.7 Å². The van der Waals surface area contributed by atoms with Crippen molar-refractivity contribution in [3.05, 3.63) is 277 Å². The minimum Gasteiger partial charge on any atom is -0.457 e. The molecule has 6 heteroatoms. The Morgan fingerprint density at radius 3 is 1.01 bits per heavy atom. The topological polar surface area (TPSA) is 51.0 Å². The van der Waals surface area contributed by atoms with Crippen molar-refractivity contribution in [1.29, 1.82) is 5.26 Å². The predicted octanol–water partition coefficient (Wildman–Crippen LogP) is 17.1. The minimum atomic E-state index is -0.765. The summed E-state index contributed by atoms with van der Waals surface area (Å²) in [6.45, 7) is 0. The summed E-state index contributed by atoms with van der Waals surface area (Å²) in [6.07, 6.45) is 0. The van der Waals surface area contributed by atoms with E-state index in [1.165, 1.54) is 0 Å². The van der Waals surface area contributed by atoms with Crippen LogP contribution < -0.4 is 9.64 Å². The fourth-order valence-electron chi connectivity index (χ4n) is 13.1. The first-order chi connectivity index (χ1) is 36.7. The van der Waals surface area contributed by atoms with E-state index in [1.54, 1.807) is 0 Å². The molecule has 0 fully saturated rings. The highest BCUT2D eigenvalue weighted by atomic mass is 16.5. The fraction of sp³-hybridized carbons (Fsp3) is 0.0147. The van der Waals surface area contributed by atoms with Gasteiger partial charge in [0.2, 0.25) is 0 Å². The molecule has 6 nitrogen and oxygen atoms in total. The molecule has 344 valence electrons.